The molecule has 0 atom stereocenters. The van der Waals surface area contributed by atoms with E-state index in [1.807, 2.05) is 31.2 Å². The van der Waals surface area contributed by atoms with Crippen LogP contribution in [0.15, 0.2) is 72.8 Å². The van der Waals surface area contributed by atoms with Crippen LogP contribution in [0.25, 0.3) is 0 Å². The van der Waals surface area contributed by atoms with Crippen molar-refractivity contribution < 1.29 is 9.18 Å². The Morgan fingerprint density at radius 1 is 0.920 bits per heavy atom. The Bertz CT molecular complexity index is 875. The summed E-state index contributed by atoms with van der Waals surface area (Å²) >= 11 is 0. The summed E-state index contributed by atoms with van der Waals surface area (Å²) in [5.74, 6) is -0.376. The van der Waals surface area contributed by atoms with Gasteiger partial charge in [0.25, 0.3) is 0 Å². The van der Waals surface area contributed by atoms with E-state index in [4.69, 9.17) is 0 Å². The number of anilines is 3. The van der Waals surface area contributed by atoms with Gasteiger partial charge in [0.05, 0.1) is 12.1 Å². The molecule has 3 rings (SSSR count). The van der Waals surface area contributed by atoms with Crippen LogP contribution in [0, 0.1) is 12.7 Å². The maximum atomic E-state index is 13.6. The molecule has 0 bridgehead atoms. The van der Waals surface area contributed by atoms with E-state index in [-0.39, 0.29) is 11.7 Å². The first-order valence-corrected chi connectivity index (χ1v) is 8.07. The smallest absolute Gasteiger partial charge is 0.228 e. The van der Waals surface area contributed by atoms with Crippen molar-refractivity contribution in [3.8, 4) is 0 Å². The molecule has 3 aromatic rings. The third-order valence-electron chi connectivity index (χ3n) is 3.77. The predicted octanol–water partition coefficient (Wildman–Crippen LogP) is 5.06. The summed E-state index contributed by atoms with van der Waals surface area (Å²) in [4.78, 5) is 12.1. The fourth-order valence-corrected chi connectivity index (χ4v) is 2.57. The van der Waals surface area contributed by atoms with Gasteiger partial charge in [-0.15, -0.1) is 0 Å². The second-order valence-electron chi connectivity index (χ2n) is 5.90. The van der Waals surface area contributed by atoms with Crippen molar-refractivity contribution in [1.29, 1.82) is 0 Å². The number of carbonyl (C=O) groups excluding carboxylic acids is 1. The third-order valence-corrected chi connectivity index (χ3v) is 3.77. The zero-order valence-corrected chi connectivity index (χ0v) is 13.9. The molecule has 0 saturated carbocycles. The fourth-order valence-electron chi connectivity index (χ4n) is 2.57. The monoisotopic (exact) mass is 334 g/mol. The Balaban J connectivity index is 1.60. The van der Waals surface area contributed by atoms with E-state index >= 15 is 0 Å². The van der Waals surface area contributed by atoms with Gasteiger partial charge in [-0.3, -0.25) is 4.79 Å². The average molecular weight is 334 g/mol. The lowest BCUT2D eigenvalue weighted by atomic mass is 10.1. The van der Waals surface area contributed by atoms with E-state index in [9.17, 15) is 9.18 Å². The summed E-state index contributed by atoms with van der Waals surface area (Å²) in [5.41, 5.74) is 3.99. The number of nitrogens with one attached hydrogen (secondary N) is 2. The highest BCUT2D eigenvalue weighted by Gasteiger charge is 2.05. The Labute approximate surface area is 146 Å². The number of hydrogen-bond acceptors (Lipinski definition) is 2. The number of hydrogen-bond donors (Lipinski definition) is 2. The molecule has 3 aromatic carbocycles. The highest BCUT2D eigenvalue weighted by Crippen LogP contribution is 2.21. The first-order valence-electron chi connectivity index (χ1n) is 8.07. The minimum absolute atomic E-state index is 0.0691. The lowest BCUT2D eigenvalue weighted by molar-refractivity contribution is -0.115. The van der Waals surface area contributed by atoms with Crippen LogP contribution in [0.4, 0.5) is 21.5 Å². The van der Waals surface area contributed by atoms with Gasteiger partial charge in [0.15, 0.2) is 0 Å². The molecule has 3 nitrogen and oxygen atoms in total. The molecule has 0 aromatic heterocycles. The fraction of sp³-hybridized carbons (Fsp3) is 0.0952. The molecular weight excluding hydrogens is 315 g/mol. The maximum absolute atomic E-state index is 13.6. The molecule has 0 aliphatic rings. The number of carbonyl (C=O) groups is 1. The quantitative estimate of drug-likeness (QED) is 0.685. The average Bonchev–Trinajstić information content (AvgIpc) is 2.58. The number of para-hydroxylation sites is 1. The van der Waals surface area contributed by atoms with Crippen LogP contribution in [0.2, 0.25) is 0 Å². The van der Waals surface area contributed by atoms with Gasteiger partial charge in [-0.1, -0.05) is 42.0 Å². The first kappa shape index (κ1) is 16.7. The largest absolute Gasteiger partial charge is 0.353 e. The van der Waals surface area contributed by atoms with Crippen LogP contribution >= 0.6 is 0 Å². The Morgan fingerprint density at radius 3 is 2.36 bits per heavy atom. The second-order valence-corrected chi connectivity index (χ2v) is 5.90. The van der Waals surface area contributed by atoms with Gasteiger partial charge in [-0.05, 0) is 48.9 Å². The van der Waals surface area contributed by atoms with Gasteiger partial charge >= 0.3 is 0 Å². The van der Waals surface area contributed by atoms with Crippen LogP contribution in [0.3, 0.4) is 0 Å². The lowest BCUT2D eigenvalue weighted by Gasteiger charge is -2.09. The molecule has 2 N–H and O–H groups in total. The van der Waals surface area contributed by atoms with Crippen molar-refractivity contribution in [1.82, 2.24) is 0 Å². The molecule has 0 saturated heterocycles. The minimum atomic E-state index is -0.307. The zero-order valence-electron chi connectivity index (χ0n) is 13.9. The number of benzene rings is 3. The Kier molecular flexibility index (Phi) is 5.09. The van der Waals surface area contributed by atoms with Crippen LogP contribution in [0.5, 0.6) is 0 Å². The van der Waals surface area contributed by atoms with Gasteiger partial charge in [0, 0.05) is 11.4 Å². The minimum Gasteiger partial charge on any atom is -0.353 e. The van der Waals surface area contributed by atoms with Gasteiger partial charge in [-0.2, -0.15) is 0 Å². The summed E-state index contributed by atoms with van der Waals surface area (Å²) in [7, 11) is 0. The van der Waals surface area contributed by atoms with E-state index in [0.717, 1.165) is 16.8 Å². The normalized spacial score (nSPS) is 10.3. The van der Waals surface area contributed by atoms with Crippen molar-refractivity contribution in [2.45, 2.75) is 13.3 Å². The van der Waals surface area contributed by atoms with Crippen LogP contribution < -0.4 is 10.6 Å². The first-order chi connectivity index (χ1) is 12.1. The number of rotatable bonds is 5. The Morgan fingerprint density at radius 2 is 1.64 bits per heavy atom. The second kappa shape index (κ2) is 7.62. The van der Waals surface area contributed by atoms with Gasteiger partial charge in [0.2, 0.25) is 5.91 Å². The lowest BCUT2D eigenvalue weighted by Crippen LogP contribution is -2.14. The molecule has 0 radical (unpaired) electrons. The van der Waals surface area contributed by atoms with E-state index in [0.29, 0.717) is 17.8 Å². The summed E-state index contributed by atoms with van der Waals surface area (Å²) in [6, 6.07) is 21.6. The maximum Gasteiger partial charge on any atom is 0.228 e. The van der Waals surface area contributed by atoms with Crippen LogP contribution in [0.1, 0.15) is 11.1 Å². The molecule has 126 valence electrons. The SMILES string of the molecule is Cc1cccc(CC(=O)Nc2ccc(Nc3ccccc3F)cc2)c1. The molecule has 0 fully saturated rings. The van der Waals surface area contributed by atoms with E-state index < -0.39 is 0 Å². The molecule has 1 amide bonds. The molecule has 4 heteroatoms. The standard InChI is InChI=1S/C21H19FN2O/c1-15-5-4-6-16(13-15)14-21(25)24-18-11-9-17(10-12-18)23-20-8-3-2-7-19(20)22/h2-13,23H,14H2,1H3,(H,24,25). The summed E-state index contributed by atoms with van der Waals surface area (Å²) in [6.07, 6.45) is 0.330. The van der Waals surface area contributed by atoms with Gasteiger partial charge in [0.1, 0.15) is 5.82 Å². The van der Waals surface area contributed by atoms with Crippen molar-refractivity contribution in [3.05, 3.63) is 89.7 Å². The van der Waals surface area contributed by atoms with E-state index in [1.54, 1.807) is 42.5 Å². The van der Waals surface area contributed by atoms with Gasteiger partial charge in [-0.25, -0.2) is 4.39 Å². The number of halogens is 1. The summed E-state index contributed by atoms with van der Waals surface area (Å²) in [6.45, 7) is 2.00. The van der Waals surface area contributed by atoms with Crippen molar-refractivity contribution in [2.75, 3.05) is 10.6 Å². The number of amides is 1. The predicted molar refractivity (Wildman–Crippen MR) is 99.6 cm³/mol. The van der Waals surface area contributed by atoms with E-state index in [2.05, 4.69) is 10.6 Å². The van der Waals surface area contributed by atoms with Gasteiger partial charge < -0.3 is 10.6 Å². The highest BCUT2D eigenvalue weighted by molar-refractivity contribution is 5.92. The molecule has 0 unspecified atom stereocenters. The molecule has 25 heavy (non-hydrogen) atoms. The summed E-state index contributed by atoms with van der Waals surface area (Å²) in [5, 5.41) is 5.88. The topological polar surface area (TPSA) is 41.1 Å². The van der Waals surface area contributed by atoms with Crippen LogP contribution in [-0.4, -0.2) is 5.91 Å². The molecule has 0 heterocycles. The molecule has 0 aliphatic heterocycles. The molecular formula is C21H19FN2O. The van der Waals surface area contributed by atoms with E-state index in [1.165, 1.54) is 6.07 Å². The number of aryl methyl sites for hydroxylation is 1. The van der Waals surface area contributed by atoms with Crippen molar-refractivity contribution in [3.63, 3.8) is 0 Å². The third kappa shape index (κ3) is 4.67. The Hall–Kier alpha value is -3.14. The zero-order chi connectivity index (χ0) is 17.6. The molecule has 0 spiro atoms. The summed E-state index contributed by atoms with van der Waals surface area (Å²) < 4.78 is 13.6. The van der Waals surface area contributed by atoms with Crippen molar-refractivity contribution >= 4 is 23.0 Å². The highest BCUT2D eigenvalue weighted by atomic mass is 19.1. The van der Waals surface area contributed by atoms with Crippen molar-refractivity contribution in [2.24, 2.45) is 0 Å². The van der Waals surface area contributed by atoms with Crippen LogP contribution in [-0.2, 0) is 11.2 Å². The molecule has 0 aliphatic carbocycles.